The second-order valence-corrected chi connectivity index (χ2v) is 7.64. The van der Waals surface area contributed by atoms with E-state index in [1.807, 2.05) is 0 Å². The molecule has 0 spiro atoms. The normalized spacial score (nSPS) is 14.8. The van der Waals surface area contributed by atoms with Gasteiger partial charge in [0.1, 0.15) is 0 Å². The highest BCUT2D eigenvalue weighted by atomic mass is 16.7. The molecule has 1 fully saturated rings. The molecule has 0 aromatic heterocycles. The first kappa shape index (κ1) is 20.7. The summed E-state index contributed by atoms with van der Waals surface area (Å²) in [5.74, 6) is 0.668. The quantitative estimate of drug-likeness (QED) is 0.634. The third-order valence-corrected chi connectivity index (χ3v) is 5.45. The maximum Gasteiger partial charge on any atom is 0.257 e. The Bertz CT molecular complexity index is 985. The molecule has 0 saturated heterocycles. The fraction of sp³-hybridized carbons (Fsp3) is 0.348. The second-order valence-electron chi connectivity index (χ2n) is 7.64. The van der Waals surface area contributed by atoms with Crippen molar-refractivity contribution in [1.82, 2.24) is 5.32 Å². The van der Waals surface area contributed by atoms with Gasteiger partial charge in [-0.3, -0.25) is 14.4 Å². The average Bonchev–Trinajstić information content (AvgIpc) is 3.46. The van der Waals surface area contributed by atoms with Crippen molar-refractivity contribution in [3.8, 4) is 11.5 Å². The number of carbonyl (C=O) groups is 3. The summed E-state index contributed by atoms with van der Waals surface area (Å²) in [6.07, 6.45) is 4.15. The summed E-state index contributed by atoms with van der Waals surface area (Å²) in [6, 6.07) is 11.9. The van der Waals surface area contributed by atoms with E-state index in [1.165, 1.54) is 0 Å². The number of rotatable bonds is 7. The molecule has 2 aromatic carbocycles. The van der Waals surface area contributed by atoms with Gasteiger partial charge in [0, 0.05) is 30.6 Å². The Morgan fingerprint density at radius 1 is 0.935 bits per heavy atom. The number of fused-ring (bicyclic) bond motifs is 1. The van der Waals surface area contributed by atoms with Crippen molar-refractivity contribution in [2.45, 2.75) is 32.1 Å². The lowest BCUT2D eigenvalue weighted by Gasteiger charge is -2.13. The number of benzene rings is 2. The molecule has 4 rings (SSSR count). The number of nitrogens with one attached hydrogen (secondary N) is 3. The summed E-state index contributed by atoms with van der Waals surface area (Å²) >= 11 is 0. The molecule has 3 amide bonds. The predicted molar refractivity (Wildman–Crippen MR) is 115 cm³/mol. The minimum absolute atomic E-state index is 0.0220. The first-order valence-corrected chi connectivity index (χ1v) is 10.5. The van der Waals surface area contributed by atoms with Crippen LogP contribution < -0.4 is 25.4 Å². The van der Waals surface area contributed by atoms with E-state index >= 15 is 0 Å². The molecular formula is C23H25N3O5. The summed E-state index contributed by atoms with van der Waals surface area (Å²) in [7, 11) is 0. The molecule has 2 aliphatic rings. The van der Waals surface area contributed by atoms with Crippen LogP contribution in [-0.4, -0.2) is 31.1 Å². The van der Waals surface area contributed by atoms with Crippen LogP contribution >= 0.6 is 0 Å². The van der Waals surface area contributed by atoms with E-state index < -0.39 is 0 Å². The van der Waals surface area contributed by atoms with Crippen LogP contribution in [0.5, 0.6) is 11.5 Å². The van der Waals surface area contributed by atoms with Crippen LogP contribution in [0.4, 0.5) is 11.4 Å². The molecule has 8 nitrogen and oxygen atoms in total. The highest BCUT2D eigenvalue weighted by Crippen LogP contribution is 2.34. The van der Waals surface area contributed by atoms with Gasteiger partial charge in [0.05, 0.1) is 11.3 Å². The molecule has 1 aliphatic carbocycles. The molecule has 2 aromatic rings. The number of carbonyl (C=O) groups excluding carboxylic acids is 3. The van der Waals surface area contributed by atoms with Gasteiger partial charge in [0.25, 0.3) is 5.91 Å². The van der Waals surface area contributed by atoms with Gasteiger partial charge in [-0.05, 0) is 37.1 Å². The van der Waals surface area contributed by atoms with Gasteiger partial charge in [-0.15, -0.1) is 0 Å². The van der Waals surface area contributed by atoms with Crippen molar-refractivity contribution in [3.63, 3.8) is 0 Å². The third-order valence-electron chi connectivity index (χ3n) is 5.45. The molecule has 1 heterocycles. The zero-order valence-electron chi connectivity index (χ0n) is 17.1. The highest BCUT2D eigenvalue weighted by molar-refractivity contribution is 6.10. The zero-order valence-corrected chi connectivity index (χ0v) is 17.1. The van der Waals surface area contributed by atoms with E-state index in [-0.39, 0.29) is 43.4 Å². The first-order valence-electron chi connectivity index (χ1n) is 10.5. The van der Waals surface area contributed by atoms with Crippen molar-refractivity contribution in [1.29, 1.82) is 0 Å². The van der Waals surface area contributed by atoms with Crippen molar-refractivity contribution in [2.24, 2.45) is 5.92 Å². The van der Waals surface area contributed by atoms with Gasteiger partial charge in [-0.2, -0.15) is 0 Å². The Morgan fingerprint density at radius 3 is 2.55 bits per heavy atom. The fourth-order valence-corrected chi connectivity index (χ4v) is 3.81. The monoisotopic (exact) mass is 423 g/mol. The molecule has 1 saturated carbocycles. The van der Waals surface area contributed by atoms with E-state index in [1.54, 1.807) is 42.5 Å². The molecule has 162 valence electrons. The van der Waals surface area contributed by atoms with E-state index in [2.05, 4.69) is 16.0 Å². The largest absolute Gasteiger partial charge is 0.454 e. The molecule has 0 atom stereocenters. The molecule has 0 bridgehead atoms. The Morgan fingerprint density at radius 2 is 1.71 bits per heavy atom. The molecule has 3 N–H and O–H groups in total. The van der Waals surface area contributed by atoms with E-state index in [0.29, 0.717) is 28.4 Å². The number of para-hydroxylation sites is 1. The number of hydrogen-bond acceptors (Lipinski definition) is 5. The van der Waals surface area contributed by atoms with Gasteiger partial charge in [0.2, 0.25) is 18.6 Å². The Balaban J connectivity index is 1.32. The molecule has 1 aliphatic heterocycles. The molecule has 8 heteroatoms. The summed E-state index contributed by atoms with van der Waals surface area (Å²) in [5.41, 5.74) is 1.31. The van der Waals surface area contributed by atoms with E-state index in [4.69, 9.17) is 9.47 Å². The zero-order chi connectivity index (χ0) is 21.6. The van der Waals surface area contributed by atoms with Crippen LogP contribution in [0.25, 0.3) is 0 Å². The summed E-state index contributed by atoms with van der Waals surface area (Å²) in [4.78, 5) is 37.2. The SMILES string of the molecule is O=C(CCNC(=O)C1CCCC1)Nc1ccccc1C(=O)Nc1ccc2c(c1)OCO2. The lowest BCUT2D eigenvalue weighted by molar-refractivity contribution is -0.124. The summed E-state index contributed by atoms with van der Waals surface area (Å²) in [5, 5.41) is 8.41. The standard InChI is InChI=1S/C23H25N3O5/c27-21(11-12-24-22(28)15-5-1-2-6-15)26-18-8-4-3-7-17(18)23(29)25-16-9-10-19-20(13-16)31-14-30-19/h3-4,7-10,13,15H,1-2,5-6,11-12,14H2,(H,24,28)(H,25,29)(H,26,27). The van der Waals surface area contributed by atoms with Crippen LogP contribution in [-0.2, 0) is 9.59 Å². The van der Waals surface area contributed by atoms with Crippen LogP contribution in [0.1, 0.15) is 42.5 Å². The number of anilines is 2. The maximum atomic E-state index is 12.8. The fourth-order valence-electron chi connectivity index (χ4n) is 3.81. The second kappa shape index (κ2) is 9.51. The van der Waals surface area contributed by atoms with Crippen molar-refractivity contribution in [3.05, 3.63) is 48.0 Å². The van der Waals surface area contributed by atoms with Gasteiger partial charge in [-0.1, -0.05) is 25.0 Å². The number of hydrogen-bond donors (Lipinski definition) is 3. The van der Waals surface area contributed by atoms with Crippen LogP contribution in [0.3, 0.4) is 0 Å². The van der Waals surface area contributed by atoms with E-state index in [0.717, 1.165) is 25.7 Å². The first-order chi connectivity index (χ1) is 15.1. The van der Waals surface area contributed by atoms with Gasteiger partial charge < -0.3 is 25.4 Å². The predicted octanol–water partition coefficient (Wildman–Crippen LogP) is 3.30. The van der Waals surface area contributed by atoms with Crippen molar-refractivity contribution in [2.75, 3.05) is 24.0 Å². The lowest BCUT2D eigenvalue weighted by Crippen LogP contribution is -2.32. The van der Waals surface area contributed by atoms with Gasteiger partial charge in [0.15, 0.2) is 11.5 Å². The summed E-state index contributed by atoms with van der Waals surface area (Å²) in [6.45, 7) is 0.426. The van der Waals surface area contributed by atoms with Crippen LogP contribution in [0.2, 0.25) is 0 Å². The van der Waals surface area contributed by atoms with Gasteiger partial charge >= 0.3 is 0 Å². The highest BCUT2D eigenvalue weighted by Gasteiger charge is 2.22. The number of amides is 3. The molecule has 31 heavy (non-hydrogen) atoms. The van der Waals surface area contributed by atoms with Crippen molar-refractivity contribution >= 4 is 29.1 Å². The minimum Gasteiger partial charge on any atom is -0.454 e. The van der Waals surface area contributed by atoms with Gasteiger partial charge in [-0.25, -0.2) is 0 Å². The smallest absolute Gasteiger partial charge is 0.257 e. The van der Waals surface area contributed by atoms with Crippen LogP contribution in [0.15, 0.2) is 42.5 Å². The Kier molecular flexibility index (Phi) is 6.35. The van der Waals surface area contributed by atoms with Crippen molar-refractivity contribution < 1.29 is 23.9 Å². The maximum absolute atomic E-state index is 12.8. The average molecular weight is 423 g/mol. The molecular weight excluding hydrogens is 398 g/mol. The molecule has 0 radical (unpaired) electrons. The summed E-state index contributed by atoms with van der Waals surface area (Å²) < 4.78 is 10.6. The van der Waals surface area contributed by atoms with Crippen LogP contribution in [0, 0.1) is 5.92 Å². The minimum atomic E-state index is -0.357. The lowest BCUT2D eigenvalue weighted by atomic mass is 10.1. The van der Waals surface area contributed by atoms with E-state index in [9.17, 15) is 14.4 Å². The molecule has 0 unspecified atom stereocenters. The third kappa shape index (κ3) is 5.14. The topological polar surface area (TPSA) is 106 Å². The Hall–Kier alpha value is -3.55. The Labute approximate surface area is 180 Å². The number of ether oxygens (including phenoxy) is 2.